The molecule has 12 heteroatoms. The van der Waals surface area contributed by atoms with E-state index < -0.39 is 11.7 Å². The number of halogens is 5. The van der Waals surface area contributed by atoms with Crippen LogP contribution in [0.15, 0.2) is 57.7 Å². The van der Waals surface area contributed by atoms with Gasteiger partial charge in [0.1, 0.15) is 16.0 Å². The van der Waals surface area contributed by atoms with Gasteiger partial charge in [-0.25, -0.2) is 9.67 Å². The Balaban J connectivity index is 1.56. The molecule has 0 saturated carbocycles. The van der Waals surface area contributed by atoms with E-state index >= 15 is 0 Å². The number of pyridine rings is 1. The number of nitrogens with zero attached hydrogens (tertiary/aromatic N) is 5. The van der Waals surface area contributed by atoms with Gasteiger partial charge in [0.05, 0.1) is 10.6 Å². The zero-order valence-electron chi connectivity index (χ0n) is 14.8. The molecule has 154 valence electrons. The Hall–Kier alpha value is -2.92. The zero-order valence-corrected chi connectivity index (χ0v) is 17.1. The van der Waals surface area contributed by atoms with Crippen LogP contribution >= 0.6 is 27.5 Å². The molecule has 3 heterocycles. The number of rotatable bonds is 5. The molecular weight excluding hydrogens is 491 g/mol. The maximum Gasteiger partial charge on any atom is 0.416 e. The third-order valence-corrected chi connectivity index (χ3v) is 4.51. The lowest BCUT2D eigenvalue weighted by Gasteiger charge is -2.08. The van der Waals surface area contributed by atoms with Crippen LogP contribution in [0.3, 0.4) is 0 Å². The van der Waals surface area contributed by atoms with Gasteiger partial charge in [-0.1, -0.05) is 17.7 Å². The summed E-state index contributed by atoms with van der Waals surface area (Å²) in [5, 5.41) is 12.5. The van der Waals surface area contributed by atoms with Crippen LogP contribution in [0.5, 0.6) is 5.75 Å². The number of alkyl halides is 3. The van der Waals surface area contributed by atoms with E-state index in [1.165, 1.54) is 16.8 Å². The Bertz CT molecular complexity index is 1190. The summed E-state index contributed by atoms with van der Waals surface area (Å²) in [7, 11) is 0. The Labute approximate surface area is 180 Å². The predicted molar refractivity (Wildman–Crippen MR) is 103 cm³/mol. The molecule has 7 nitrogen and oxygen atoms in total. The third kappa shape index (κ3) is 4.31. The average Bonchev–Trinajstić information content (AvgIpc) is 3.33. The van der Waals surface area contributed by atoms with Crippen molar-refractivity contribution in [2.45, 2.75) is 12.8 Å². The molecular formula is C18H10BrClF3N5O2. The van der Waals surface area contributed by atoms with Crippen molar-refractivity contribution in [2.75, 3.05) is 0 Å². The molecule has 3 aromatic heterocycles. The Morgan fingerprint density at radius 1 is 1.13 bits per heavy atom. The van der Waals surface area contributed by atoms with Gasteiger partial charge < -0.3 is 9.15 Å². The largest absolute Gasteiger partial charge is 0.484 e. The smallest absolute Gasteiger partial charge is 0.416 e. The van der Waals surface area contributed by atoms with Crippen LogP contribution in [0.1, 0.15) is 11.5 Å². The standard InChI is InChI=1S/C18H10BrClF3N5O2/c19-14-8-13(28(27-14)16-12(20)5-2-6-24-16)17-26-25-15(30-17)9-29-11-4-1-3-10(7-11)18(21,22)23/h1-8H,9H2. The van der Waals surface area contributed by atoms with Gasteiger partial charge in [-0.05, 0) is 46.3 Å². The van der Waals surface area contributed by atoms with E-state index in [4.69, 9.17) is 20.8 Å². The van der Waals surface area contributed by atoms with Gasteiger partial charge in [0.2, 0.25) is 0 Å². The molecule has 0 N–H and O–H groups in total. The molecule has 0 unspecified atom stereocenters. The zero-order chi connectivity index (χ0) is 21.3. The van der Waals surface area contributed by atoms with Gasteiger partial charge in [0.15, 0.2) is 12.4 Å². The maximum absolute atomic E-state index is 12.8. The highest BCUT2D eigenvalue weighted by Crippen LogP contribution is 2.32. The first-order valence-corrected chi connectivity index (χ1v) is 9.47. The van der Waals surface area contributed by atoms with Crippen molar-refractivity contribution < 1.29 is 22.3 Å². The second kappa shape index (κ2) is 8.07. The fraction of sp³-hybridized carbons (Fsp3) is 0.111. The molecule has 1 aromatic carbocycles. The summed E-state index contributed by atoms with van der Waals surface area (Å²) in [6.07, 6.45) is -2.90. The van der Waals surface area contributed by atoms with Gasteiger partial charge in [-0.3, -0.25) is 0 Å². The lowest BCUT2D eigenvalue weighted by molar-refractivity contribution is -0.137. The summed E-state index contributed by atoms with van der Waals surface area (Å²) in [5.74, 6) is 0.563. The first-order chi connectivity index (χ1) is 14.3. The molecule has 0 radical (unpaired) electrons. The van der Waals surface area contributed by atoms with E-state index in [0.717, 1.165) is 12.1 Å². The van der Waals surface area contributed by atoms with Crippen LogP contribution in [0.4, 0.5) is 13.2 Å². The summed E-state index contributed by atoms with van der Waals surface area (Å²) < 4.78 is 51.3. The second-order valence-electron chi connectivity index (χ2n) is 5.89. The van der Waals surface area contributed by atoms with Crippen LogP contribution in [-0.4, -0.2) is 25.0 Å². The number of hydrogen-bond donors (Lipinski definition) is 0. The Morgan fingerprint density at radius 2 is 1.97 bits per heavy atom. The highest BCUT2D eigenvalue weighted by molar-refractivity contribution is 9.10. The maximum atomic E-state index is 12.8. The topological polar surface area (TPSA) is 78.9 Å². The van der Waals surface area contributed by atoms with Crippen molar-refractivity contribution in [1.82, 2.24) is 25.0 Å². The van der Waals surface area contributed by atoms with Crippen molar-refractivity contribution in [3.8, 4) is 23.2 Å². The number of aromatic nitrogens is 5. The van der Waals surface area contributed by atoms with Crippen molar-refractivity contribution >= 4 is 27.5 Å². The molecule has 0 aliphatic rings. The first-order valence-electron chi connectivity index (χ1n) is 8.30. The SMILES string of the molecule is FC(F)(F)c1cccc(OCc2nnc(-c3cc(Br)nn3-c3ncccc3Cl)o2)c1. The van der Waals surface area contributed by atoms with Crippen molar-refractivity contribution in [3.63, 3.8) is 0 Å². The normalized spacial score (nSPS) is 11.6. The molecule has 0 fully saturated rings. The molecule has 0 aliphatic heterocycles. The van der Waals surface area contributed by atoms with Crippen LogP contribution in [0, 0.1) is 0 Å². The van der Waals surface area contributed by atoms with E-state index in [2.05, 4.69) is 36.2 Å². The van der Waals surface area contributed by atoms with Crippen LogP contribution < -0.4 is 4.74 Å². The summed E-state index contributed by atoms with van der Waals surface area (Å²) in [6, 6.07) is 9.49. The molecule has 0 aliphatic carbocycles. The van der Waals surface area contributed by atoms with E-state index in [0.29, 0.717) is 21.1 Å². The van der Waals surface area contributed by atoms with Gasteiger partial charge in [-0.2, -0.15) is 18.3 Å². The van der Waals surface area contributed by atoms with Gasteiger partial charge in [-0.15, -0.1) is 10.2 Å². The van der Waals surface area contributed by atoms with Gasteiger partial charge >= 0.3 is 6.18 Å². The molecule has 0 saturated heterocycles. The molecule has 4 rings (SSSR count). The summed E-state index contributed by atoms with van der Waals surface area (Å²) in [6.45, 7) is -0.214. The third-order valence-electron chi connectivity index (χ3n) is 3.83. The van der Waals surface area contributed by atoms with E-state index in [9.17, 15) is 13.2 Å². The molecule has 30 heavy (non-hydrogen) atoms. The van der Waals surface area contributed by atoms with Crippen LogP contribution in [-0.2, 0) is 12.8 Å². The predicted octanol–water partition coefficient (Wildman–Crippen LogP) is 5.33. The monoisotopic (exact) mass is 499 g/mol. The number of benzene rings is 1. The molecule has 0 bridgehead atoms. The fourth-order valence-corrected chi connectivity index (χ4v) is 3.10. The molecule has 4 aromatic rings. The number of hydrogen-bond acceptors (Lipinski definition) is 6. The van der Waals surface area contributed by atoms with Gasteiger partial charge in [0.25, 0.3) is 11.8 Å². The van der Waals surface area contributed by atoms with Crippen molar-refractivity contribution in [3.05, 3.63) is 69.7 Å². The Kier molecular flexibility index (Phi) is 5.48. The van der Waals surface area contributed by atoms with E-state index in [1.54, 1.807) is 24.4 Å². The van der Waals surface area contributed by atoms with Crippen LogP contribution in [0.2, 0.25) is 5.02 Å². The lowest BCUT2D eigenvalue weighted by Crippen LogP contribution is -2.05. The fourth-order valence-electron chi connectivity index (χ4n) is 2.52. The molecule has 0 atom stereocenters. The van der Waals surface area contributed by atoms with Crippen molar-refractivity contribution in [1.29, 1.82) is 0 Å². The minimum absolute atomic E-state index is 0.0256. The van der Waals surface area contributed by atoms with Crippen LogP contribution in [0.25, 0.3) is 17.4 Å². The quantitative estimate of drug-likeness (QED) is 0.368. The second-order valence-corrected chi connectivity index (χ2v) is 7.11. The summed E-state index contributed by atoms with van der Waals surface area (Å²) in [4.78, 5) is 4.20. The first kappa shape index (κ1) is 20.4. The molecule has 0 spiro atoms. The summed E-state index contributed by atoms with van der Waals surface area (Å²) >= 11 is 9.47. The lowest BCUT2D eigenvalue weighted by atomic mass is 10.2. The van der Waals surface area contributed by atoms with E-state index in [-0.39, 0.29) is 24.1 Å². The average molecular weight is 501 g/mol. The summed E-state index contributed by atoms with van der Waals surface area (Å²) in [5.41, 5.74) is -0.396. The van der Waals surface area contributed by atoms with E-state index in [1.807, 2.05) is 0 Å². The minimum atomic E-state index is -4.46. The highest BCUT2D eigenvalue weighted by Gasteiger charge is 2.30. The van der Waals surface area contributed by atoms with Crippen molar-refractivity contribution in [2.24, 2.45) is 0 Å². The molecule has 0 amide bonds. The van der Waals surface area contributed by atoms with Gasteiger partial charge in [0, 0.05) is 12.3 Å². The highest BCUT2D eigenvalue weighted by atomic mass is 79.9. The minimum Gasteiger partial charge on any atom is -0.484 e. The number of ether oxygens (including phenoxy) is 1. The Morgan fingerprint density at radius 3 is 2.73 bits per heavy atom.